The van der Waals surface area contributed by atoms with E-state index in [1.165, 1.54) is 47.3 Å². The molecule has 4 bridgehead atoms. The first-order valence-corrected chi connectivity index (χ1v) is 43.3. The van der Waals surface area contributed by atoms with Gasteiger partial charge in [0.1, 0.15) is 48.5 Å². The maximum atomic E-state index is 14.4. The highest BCUT2D eigenvalue weighted by Gasteiger charge is 2.66. The van der Waals surface area contributed by atoms with Gasteiger partial charge in [0.2, 0.25) is 17.7 Å². The first-order valence-electron chi connectivity index (χ1n) is 39.3. The van der Waals surface area contributed by atoms with E-state index in [0.717, 1.165) is 68.3 Å². The second-order valence-corrected chi connectivity index (χ2v) is 37.5. The van der Waals surface area contributed by atoms with Gasteiger partial charge in [0.15, 0.2) is 16.9 Å². The Morgan fingerprint density at radius 3 is 2.20 bits per heavy atom. The zero-order chi connectivity index (χ0) is 86.3. The Labute approximate surface area is 693 Å². The van der Waals surface area contributed by atoms with Crippen LogP contribution in [0.25, 0.3) is 21.3 Å². The lowest BCUT2D eigenvalue weighted by Gasteiger charge is -2.69. The number of aromatic carboxylic acids is 1. The number of hydrogen-bond acceptors (Lipinski definition) is 26. The van der Waals surface area contributed by atoms with Gasteiger partial charge < -0.3 is 65.5 Å². The Kier molecular flexibility index (Phi) is 25.4. The molecule has 642 valence electrons. The van der Waals surface area contributed by atoms with Crippen LogP contribution in [-0.4, -0.2) is 235 Å². The lowest BCUT2D eigenvalue weighted by Crippen LogP contribution is -2.64. The third-order valence-corrected chi connectivity index (χ3v) is 25.8. The molecule has 7 amide bonds. The van der Waals surface area contributed by atoms with E-state index < -0.39 is 159 Å². The second-order valence-electron chi connectivity index (χ2n) is 33.4. The number of anilines is 3. The largest absolute Gasteiger partial charge is 0.479 e. The molecule has 7 aromatic rings. The average molecular weight is 1720 g/mol. The van der Waals surface area contributed by atoms with Crippen LogP contribution in [-0.2, 0) is 102 Å². The number of thiazole rings is 1. The fraction of sp³-hybridized carbons (Fsp3) is 0.500. The Bertz CT molecular complexity index is 5370. The molecule has 3 aliphatic heterocycles. The van der Waals surface area contributed by atoms with E-state index >= 15 is 0 Å². The smallest absolute Gasteiger partial charge is 0.410 e. The van der Waals surface area contributed by atoms with Crippen molar-refractivity contribution in [3.63, 3.8) is 0 Å². The van der Waals surface area contributed by atoms with Crippen molar-refractivity contribution in [3.05, 3.63) is 142 Å². The quantitative estimate of drug-likeness (QED) is 0.0177. The molecule has 14 rings (SSSR count). The van der Waals surface area contributed by atoms with Crippen LogP contribution in [0.5, 0.6) is 0 Å². The number of nitrogens with one attached hydrogen (secondary N) is 4. The van der Waals surface area contributed by atoms with Crippen LogP contribution >= 0.6 is 11.3 Å². The molecular weight excluding hydrogens is 1620 g/mol. The number of para-hydroxylation sites is 1. The van der Waals surface area contributed by atoms with Crippen LogP contribution in [0.1, 0.15) is 153 Å². The molecule has 4 aliphatic carbocycles. The molecule has 1 saturated heterocycles. The van der Waals surface area contributed by atoms with Crippen molar-refractivity contribution in [2.75, 3.05) is 53.3 Å². The number of aliphatic carboxylic acids is 1. The fourth-order valence-electron chi connectivity index (χ4n) is 18.9. The van der Waals surface area contributed by atoms with Crippen molar-refractivity contribution in [3.8, 4) is 11.1 Å². The number of amides is 7. The van der Waals surface area contributed by atoms with Crippen LogP contribution < -0.4 is 26.2 Å². The highest BCUT2D eigenvalue weighted by Crippen LogP contribution is 2.72. The zero-order valence-corrected chi connectivity index (χ0v) is 69.1. The van der Waals surface area contributed by atoms with Crippen molar-refractivity contribution in [1.82, 2.24) is 55.2 Å². The van der Waals surface area contributed by atoms with Gasteiger partial charge in [-0.15, -0.1) is 5.10 Å². The molecule has 11 N–H and O–H groups in total. The third kappa shape index (κ3) is 19.9. The molecule has 7 aliphatic rings. The number of pyridine rings is 1. The number of carboxylic acid groups (broad SMARTS) is 2. The number of aryl methyl sites for hydroxylation is 2. The van der Waals surface area contributed by atoms with Gasteiger partial charge >= 0.3 is 18.0 Å². The van der Waals surface area contributed by atoms with E-state index in [0.29, 0.717) is 78.5 Å². The predicted octanol–water partition coefficient (Wildman–Crippen LogP) is 5.42. The number of carboxylic acids is 2. The molecule has 0 radical (unpaired) electrons. The van der Waals surface area contributed by atoms with Crippen molar-refractivity contribution in [2.24, 2.45) is 22.2 Å². The number of carbonyl (C=O) groups excluding carboxylic acids is 7. The maximum Gasteiger partial charge on any atom is 0.410 e. The van der Waals surface area contributed by atoms with Gasteiger partial charge in [0, 0.05) is 79.5 Å². The van der Waals surface area contributed by atoms with E-state index in [9.17, 15) is 94.6 Å². The van der Waals surface area contributed by atoms with Crippen molar-refractivity contribution < 1.29 is 109 Å². The first-order chi connectivity index (χ1) is 56.6. The van der Waals surface area contributed by atoms with Crippen molar-refractivity contribution in [1.29, 1.82) is 0 Å². The molecule has 0 spiro atoms. The molecular formula is C80H96N14O23S3. The normalized spacial score (nSPS) is 24.0. The summed E-state index contributed by atoms with van der Waals surface area (Å²) in [6.07, 6.45) is -1.20. The number of benzene rings is 3. The van der Waals surface area contributed by atoms with Crippen LogP contribution in [0, 0.1) is 29.1 Å². The standard InChI is InChI=1S/C80H96N14O23S3/c1-44(2)64(86-61(95)32-57(94-62(96)21-22-63(94)97)56-35-92(89-88-56)24-10-29-119(109,110)111)72(103)82-45(3)70(101)83-50-17-15-49(48(31-50)16-19-58-66(98)67(99)68(100)69(117-58)74(106)107)36-115-76(108)90(27-30-120(112,113)114)26-28-116-80-40-77(5)37-78(6,41-80)39-79(38-77,42-80)43-93-46(4)53(33-81-93)51-18-20-60(85-65(51)73(104)105)91-25-23-47-11-9-12-52(54(47)34-91)71(102)87-75-84-55-13-7-8-14-59(55)118-75/h7-9,11-15,17-18,20-22,31,33,35,44-45,57-58,64,66-69,98-100H,10,16,19,23-30,32,34,36-43H2,1-6H3,(H,82,103)(H,83,101)(H,86,95)(H,104,105)(H,106,107)(H,84,87,102)(H,109,110,111)(H,112,113,114)/t45-,57+,58-,64-,66-,67-,68+,69-,77?,78?,79?,80?/m0/s1. The third-order valence-electron chi connectivity index (χ3n) is 23.3. The van der Waals surface area contributed by atoms with E-state index in [4.69, 9.17) is 24.3 Å². The highest BCUT2D eigenvalue weighted by molar-refractivity contribution is 7.86. The zero-order valence-electron chi connectivity index (χ0n) is 66.6. The fourth-order valence-corrected chi connectivity index (χ4v) is 20.7. The Balaban J connectivity index is 0.669. The van der Waals surface area contributed by atoms with Gasteiger partial charge in [-0.1, -0.05) is 74.6 Å². The number of aromatic nitrogens is 7. The van der Waals surface area contributed by atoms with Crippen LogP contribution in [0.3, 0.4) is 0 Å². The number of hydrogen-bond donors (Lipinski definition) is 11. The summed E-state index contributed by atoms with van der Waals surface area (Å²) >= 11 is 1.38. The van der Waals surface area contributed by atoms with Gasteiger partial charge in [-0.3, -0.25) is 57.5 Å². The number of nitrogens with zero attached hydrogens (tertiary/aromatic N) is 10. The monoisotopic (exact) mass is 1720 g/mol. The van der Waals surface area contributed by atoms with Gasteiger partial charge in [0.25, 0.3) is 38.0 Å². The number of rotatable bonds is 34. The topological polar surface area (TPSA) is 523 Å². The van der Waals surface area contributed by atoms with E-state index in [-0.39, 0.29) is 83.7 Å². The lowest BCUT2D eigenvalue weighted by atomic mass is 9.39. The Morgan fingerprint density at radius 2 is 1.51 bits per heavy atom. The number of carbonyl (C=O) groups is 9. The molecule has 120 heavy (non-hydrogen) atoms. The molecule has 4 saturated carbocycles. The van der Waals surface area contributed by atoms with Gasteiger partial charge in [0.05, 0.1) is 64.9 Å². The minimum absolute atomic E-state index is 0.0350. The van der Waals surface area contributed by atoms with Crippen molar-refractivity contribution in [2.45, 2.75) is 193 Å². The average Bonchev–Trinajstić information content (AvgIpc) is 1.13. The number of imide groups is 1. The maximum absolute atomic E-state index is 14.4. The molecule has 40 heteroatoms. The Morgan fingerprint density at radius 1 is 0.783 bits per heavy atom. The highest BCUT2D eigenvalue weighted by atomic mass is 32.2. The number of fused-ring (bicyclic) bond motifs is 2. The predicted molar refractivity (Wildman–Crippen MR) is 431 cm³/mol. The summed E-state index contributed by atoms with van der Waals surface area (Å²) in [6.45, 7) is 10.8. The molecule has 10 atom stereocenters. The summed E-state index contributed by atoms with van der Waals surface area (Å²) in [5.74, 6) is -8.87. The minimum atomic E-state index is -4.67. The molecule has 5 fully saturated rings. The number of ether oxygens (including phenoxy) is 3. The van der Waals surface area contributed by atoms with Crippen LogP contribution in [0.4, 0.5) is 21.4 Å². The molecule has 2 unspecified atom stereocenters. The molecule has 4 aromatic heterocycles. The summed E-state index contributed by atoms with van der Waals surface area (Å²) in [4.78, 5) is 135. The SMILES string of the molecule is Cc1c(-c2ccc(N3CCc4cccc(C(=O)Nc5nc6ccccc6s5)c4C3)nc2C(=O)O)cnn1CC12CC3(C)CC(C)(C1)CC(OCCN(CCS(=O)(=O)O)C(=O)OCc1ccc(NC(=O)[C@H](C)NC(=O)[C@@H](NC(=O)C[C@H](c4cn(CCCS(=O)(=O)O)nn4)N4C(=O)C=CC4=O)C(C)C)cc1CC[C@@H]1O[C@H](C(=O)O)[C@H](O)[C@@H](O)[C@H]1O)(C3)C2. The summed E-state index contributed by atoms with van der Waals surface area (Å²) in [6, 6.07) is 17.1. The lowest BCUT2D eigenvalue weighted by molar-refractivity contribution is -0.248. The first kappa shape index (κ1) is 87.3. The van der Waals surface area contributed by atoms with Gasteiger partial charge in [-0.05, 0) is 165 Å². The Hall–Kier alpha value is -10.6. The molecule has 37 nitrogen and oxygen atoms in total. The van der Waals surface area contributed by atoms with E-state index in [2.05, 4.69) is 50.4 Å². The second kappa shape index (κ2) is 34.9. The molecule has 3 aromatic carbocycles. The van der Waals surface area contributed by atoms with E-state index in [1.807, 2.05) is 52.9 Å². The van der Waals surface area contributed by atoms with Crippen LogP contribution in [0.15, 0.2) is 97.3 Å². The summed E-state index contributed by atoms with van der Waals surface area (Å²) in [7, 11) is -8.98. The minimum Gasteiger partial charge on any atom is -0.479 e. The summed E-state index contributed by atoms with van der Waals surface area (Å²) in [5, 5.41) is 77.1. The van der Waals surface area contributed by atoms with Gasteiger partial charge in [-0.2, -0.15) is 21.9 Å². The number of aliphatic hydroxyl groups is 3. The van der Waals surface area contributed by atoms with Gasteiger partial charge in [-0.25, -0.2) is 24.4 Å². The van der Waals surface area contributed by atoms with Crippen molar-refractivity contribution >= 4 is 112 Å². The molecule has 7 heterocycles. The number of aliphatic hydroxyl groups excluding tert-OH is 3. The van der Waals surface area contributed by atoms with E-state index in [1.54, 1.807) is 38.2 Å². The summed E-state index contributed by atoms with van der Waals surface area (Å²) < 4.78 is 89.1. The summed E-state index contributed by atoms with van der Waals surface area (Å²) in [5.41, 5.74) is 3.65. The van der Waals surface area contributed by atoms with Crippen LogP contribution in [0.2, 0.25) is 0 Å².